The highest BCUT2D eigenvalue weighted by Gasteiger charge is 2.13. The van der Waals surface area contributed by atoms with Crippen LogP contribution in [0.1, 0.15) is 34.1 Å². The van der Waals surface area contributed by atoms with Crippen LogP contribution in [0.3, 0.4) is 0 Å². The third-order valence-corrected chi connectivity index (χ3v) is 0.961. The Bertz CT molecular complexity index is 127. The van der Waals surface area contributed by atoms with Gasteiger partial charge in [0, 0.05) is 12.1 Å². The molecule has 0 aliphatic heterocycles. The van der Waals surface area contributed by atoms with Gasteiger partial charge in [-0.2, -0.15) is 0 Å². The molecule has 1 radical (unpaired) electrons. The lowest BCUT2D eigenvalue weighted by Gasteiger charge is -2.19. The number of hydrogen-bond donors (Lipinski definition) is 1. The maximum absolute atomic E-state index is 10.9. The maximum Gasteiger partial charge on any atom is 0.336 e. The predicted octanol–water partition coefficient (Wildman–Crippen LogP) is 1.51. The minimum absolute atomic E-state index is 0.172. The summed E-state index contributed by atoms with van der Waals surface area (Å²) < 4.78 is 0. The van der Waals surface area contributed by atoms with E-state index in [1.54, 1.807) is 0 Å². The van der Waals surface area contributed by atoms with Crippen LogP contribution in [0.2, 0.25) is 0 Å². The largest absolute Gasteiger partial charge is 0.336 e. The van der Waals surface area contributed by atoms with Crippen molar-refractivity contribution >= 4 is 6.03 Å². The van der Waals surface area contributed by atoms with Crippen LogP contribution in [-0.2, 0) is 0 Å². The van der Waals surface area contributed by atoms with Crippen molar-refractivity contribution in [2.24, 2.45) is 0 Å². The summed E-state index contributed by atoms with van der Waals surface area (Å²) in [6, 6.07) is -0.209. The van der Waals surface area contributed by atoms with E-state index in [2.05, 4.69) is 10.6 Å². The Hall–Kier alpha value is -0.730. The summed E-state index contributed by atoms with van der Waals surface area (Å²) in [4.78, 5) is 10.9. The molecule has 11 heavy (non-hydrogen) atoms. The molecule has 0 aromatic carbocycles. The van der Waals surface area contributed by atoms with E-state index in [1.807, 2.05) is 27.7 Å². The second-order valence-electron chi connectivity index (χ2n) is 3.56. The van der Waals surface area contributed by atoms with Crippen molar-refractivity contribution in [3.8, 4) is 0 Å². The summed E-state index contributed by atoms with van der Waals surface area (Å²) >= 11 is 0. The molecule has 3 nitrogen and oxygen atoms in total. The molecule has 0 rings (SSSR count). The quantitative estimate of drug-likeness (QED) is 0.648. The normalized spacial score (nSPS) is 10.9. The van der Waals surface area contributed by atoms with Gasteiger partial charge in [-0.1, -0.05) is 6.92 Å². The van der Waals surface area contributed by atoms with E-state index in [-0.39, 0.29) is 11.6 Å². The van der Waals surface area contributed by atoms with E-state index in [0.29, 0.717) is 6.54 Å². The van der Waals surface area contributed by atoms with Gasteiger partial charge < -0.3 is 5.32 Å². The third kappa shape index (κ3) is 7.16. The molecule has 0 spiro atoms. The first-order chi connectivity index (χ1) is 4.95. The molecule has 1 N–H and O–H groups in total. The van der Waals surface area contributed by atoms with E-state index in [1.165, 1.54) is 0 Å². The molecule has 2 amide bonds. The lowest BCUT2D eigenvalue weighted by atomic mass is 10.1. The van der Waals surface area contributed by atoms with E-state index in [9.17, 15) is 4.79 Å². The smallest absolute Gasteiger partial charge is 0.332 e. The minimum Gasteiger partial charge on any atom is -0.332 e. The predicted molar refractivity (Wildman–Crippen MR) is 45.6 cm³/mol. The zero-order chi connectivity index (χ0) is 8.91. The fourth-order valence-electron chi connectivity index (χ4n) is 0.574. The topological polar surface area (TPSA) is 43.2 Å². The molecule has 3 heteroatoms. The molecule has 0 aliphatic rings. The van der Waals surface area contributed by atoms with Crippen LogP contribution >= 0.6 is 0 Å². The van der Waals surface area contributed by atoms with Crippen molar-refractivity contribution in [2.45, 2.75) is 39.7 Å². The number of urea groups is 1. The van der Waals surface area contributed by atoms with Crippen LogP contribution in [0, 0.1) is 0 Å². The molecule has 0 unspecified atom stereocenters. The molecule has 0 atom stereocenters. The first kappa shape index (κ1) is 10.3. The van der Waals surface area contributed by atoms with Gasteiger partial charge in [-0.25, -0.2) is 10.1 Å². The Balaban J connectivity index is 3.53. The van der Waals surface area contributed by atoms with Gasteiger partial charge in [0.1, 0.15) is 0 Å². The van der Waals surface area contributed by atoms with E-state index >= 15 is 0 Å². The van der Waals surface area contributed by atoms with Crippen molar-refractivity contribution < 1.29 is 4.79 Å². The zero-order valence-electron chi connectivity index (χ0n) is 7.77. The van der Waals surface area contributed by atoms with Gasteiger partial charge in [0.25, 0.3) is 0 Å². The van der Waals surface area contributed by atoms with E-state index in [4.69, 9.17) is 0 Å². The van der Waals surface area contributed by atoms with E-state index in [0.717, 1.165) is 6.42 Å². The van der Waals surface area contributed by atoms with Gasteiger partial charge in [-0.15, -0.1) is 0 Å². The van der Waals surface area contributed by atoms with Crippen molar-refractivity contribution in [1.29, 1.82) is 0 Å². The molecule has 0 aromatic heterocycles. The zero-order valence-corrected chi connectivity index (χ0v) is 7.77. The van der Waals surface area contributed by atoms with Crippen molar-refractivity contribution in [1.82, 2.24) is 10.6 Å². The second-order valence-corrected chi connectivity index (χ2v) is 3.56. The summed E-state index contributed by atoms with van der Waals surface area (Å²) in [7, 11) is 0. The van der Waals surface area contributed by atoms with Crippen LogP contribution < -0.4 is 10.6 Å². The lowest BCUT2D eigenvalue weighted by Crippen LogP contribution is -2.43. The lowest BCUT2D eigenvalue weighted by molar-refractivity contribution is 0.231. The van der Waals surface area contributed by atoms with Crippen molar-refractivity contribution in [3.05, 3.63) is 0 Å². The molecule has 0 saturated carbocycles. The van der Waals surface area contributed by atoms with Gasteiger partial charge in [0.15, 0.2) is 0 Å². The Labute approximate surface area is 68.6 Å². The molecule has 65 valence electrons. The van der Waals surface area contributed by atoms with E-state index < -0.39 is 0 Å². The average molecular weight is 157 g/mol. The summed E-state index contributed by atoms with van der Waals surface area (Å²) in [5, 5.41) is 6.53. The highest BCUT2D eigenvalue weighted by atomic mass is 16.2. The number of hydrogen-bond acceptors (Lipinski definition) is 1. The molecule has 0 fully saturated rings. The Morgan fingerprint density at radius 3 is 2.36 bits per heavy atom. The number of carbonyl (C=O) groups excluding carboxylic acids is 1. The third-order valence-electron chi connectivity index (χ3n) is 0.961. The minimum atomic E-state index is -0.209. The average Bonchev–Trinajstić information content (AvgIpc) is 1.79. The number of amides is 2. The second kappa shape index (κ2) is 4.21. The van der Waals surface area contributed by atoms with Crippen LogP contribution in [0.5, 0.6) is 0 Å². The SMILES string of the molecule is CCC[N]C(=O)NC(C)(C)C. The highest BCUT2D eigenvalue weighted by Crippen LogP contribution is 1.97. The monoisotopic (exact) mass is 157 g/mol. The van der Waals surface area contributed by atoms with Gasteiger partial charge in [0.2, 0.25) is 0 Å². The summed E-state index contributed by atoms with van der Waals surface area (Å²) in [6.07, 6.45) is 0.914. The van der Waals surface area contributed by atoms with Crippen LogP contribution in [-0.4, -0.2) is 18.1 Å². The fraction of sp³-hybridized carbons (Fsp3) is 0.875. The first-order valence-corrected chi connectivity index (χ1v) is 3.95. The van der Waals surface area contributed by atoms with Gasteiger partial charge in [-0.3, -0.25) is 0 Å². The summed E-state index contributed by atoms with van der Waals surface area (Å²) in [5.74, 6) is 0. The number of carbonyl (C=O) groups is 1. The molecule has 0 bridgehead atoms. The maximum atomic E-state index is 10.9. The summed E-state index contributed by atoms with van der Waals surface area (Å²) in [5.41, 5.74) is -0.172. The first-order valence-electron chi connectivity index (χ1n) is 3.95. The molecule has 0 aromatic rings. The molecule has 0 heterocycles. The Morgan fingerprint density at radius 2 is 2.00 bits per heavy atom. The van der Waals surface area contributed by atoms with Crippen LogP contribution in [0.25, 0.3) is 0 Å². The Morgan fingerprint density at radius 1 is 1.45 bits per heavy atom. The number of nitrogens with one attached hydrogen (secondary N) is 1. The highest BCUT2D eigenvalue weighted by molar-refractivity contribution is 5.74. The van der Waals surface area contributed by atoms with Gasteiger partial charge >= 0.3 is 6.03 Å². The molecular weight excluding hydrogens is 140 g/mol. The Kier molecular flexibility index (Phi) is 3.93. The summed E-state index contributed by atoms with van der Waals surface area (Å²) in [6.45, 7) is 8.42. The van der Waals surface area contributed by atoms with Gasteiger partial charge in [-0.05, 0) is 27.2 Å². The van der Waals surface area contributed by atoms with Gasteiger partial charge in [0.05, 0.1) is 0 Å². The molecule has 0 saturated heterocycles. The van der Waals surface area contributed by atoms with Crippen molar-refractivity contribution in [2.75, 3.05) is 6.54 Å². The molecular formula is C8H17N2O. The van der Waals surface area contributed by atoms with Crippen LogP contribution in [0.15, 0.2) is 0 Å². The molecule has 0 aliphatic carbocycles. The number of rotatable bonds is 2. The standard InChI is InChI=1S/C8H17N2O/c1-5-6-9-7(11)10-8(2,3)4/h5-6H2,1-4H3,(H,10,11). The number of nitrogens with zero attached hydrogens (tertiary/aromatic N) is 1. The van der Waals surface area contributed by atoms with Crippen LogP contribution in [0.4, 0.5) is 4.79 Å². The fourth-order valence-corrected chi connectivity index (χ4v) is 0.574. The van der Waals surface area contributed by atoms with Crippen molar-refractivity contribution in [3.63, 3.8) is 0 Å².